The first-order valence-corrected chi connectivity index (χ1v) is 12.1. The van der Waals surface area contributed by atoms with Gasteiger partial charge in [-0.1, -0.05) is 0 Å². The van der Waals surface area contributed by atoms with Gasteiger partial charge in [0.15, 0.2) is 0 Å². The van der Waals surface area contributed by atoms with Crippen molar-refractivity contribution in [1.29, 1.82) is 0 Å². The Balaban J connectivity index is 1.69. The lowest BCUT2D eigenvalue weighted by molar-refractivity contribution is -0.143. The van der Waals surface area contributed by atoms with Crippen LogP contribution in [0, 0.1) is 0 Å². The van der Waals surface area contributed by atoms with Crippen LogP contribution in [0.3, 0.4) is 0 Å². The summed E-state index contributed by atoms with van der Waals surface area (Å²) in [6.45, 7) is 1.70. The number of hydrogen-bond acceptors (Lipinski definition) is 5. The Morgan fingerprint density at radius 2 is 1.45 bits per heavy atom. The highest BCUT2D eigenvalue weighted by molar-refractivity contribution is 5.71. The molecular formula is C25H24F9N3O3. The van der Waals surface area contributed by atoms with E-state index in [1.165, 1.54) is 6.92 Å². The second-order valence-corrected chi connectivity index (χ2v) is 9.67. The summed E-state index contributed by atoms with van der Waals surface area (Å²) in [6.07, 6.45) is -15.9. The zero-order valence-corrected chi connectivity index (χ0v) is 21.1. The molecule has 2 fully saturated rings. The molecule has 40 heavy (non-hydrogen) atoms. The summed E-state index contributed by atoms with van der Waals surface area (Å²) in [4.78, 5) is 19.4. The molecule has 1 aromatic heterocycles. The van der Waals surface area contributed by atoms with Crippen LogP contribution in [-0.4, -0.2) is 48.3 Å². The van der Waals surface area contributed by atoms with Gasteiger partial charge in [0.05, 0.1) is 29.3 Å². The van der Waals surface area contributed by atoms with E-state index in [9.17, 15) is 44.3 Å². The minimum atomic E-state index is -5.12. The fourth-order valence-corrected chi connectivity index (χ4v) is 4.82. The average molecular weight is 585 g/mol. The summed E-state index contributed by atoms with van der Waals surface area (Å²) in [5, 5.41) is 0. The van der Waals surface area contributed by atoms with Crippen LogP contribution in [0.15, 0.2) is 30.5 Å². The van der Waals surface area contributed by atoms with Gasteiger partial charge in [0.1, 0.15) is 11.9 Å². The Morgan fingerprint density at radius 1 is 0.900 bits per heavy atom. The lowest BCUT2D eigenvalue weighted by Gasteiger charge is -2.34. The first kappa shape index (κ1) is 29.7. The van der Waals surface area contributed by atoms with Gasteiger partial charge in [-0.15, -0.1) is 0 Å². The smallest absolute Gasteiger partial charge is 0.417 e. The molecule has 0 N–H and O–H groups in total. The van der Waals surface area contributed by atoms with E-state index in [1.54, 1.807) is 11.9 Å². The molecule has 3 heterocycles. The van der Waals surface area contributed by atoms with E-state index in [1.807, 2.05) is 0 Å². The third-order valence-electron chi connectivity index (χ3n) is 7.01. The fraction of sp³-hybridized carbons (Fsp3) is 0.520. The van der Waals surface area contributed by atoms with E-state index < -0.39 is 65.6 Å². The maximum absolute atomic E-state index is 13.5. The van der Waals surface area contributed by atoms with Crippen LogP contribution in [0.5, 0.6) is 0 Å². The Morgan fingerprint density at radius 3 is 1.98 bits per heavy atom. The van der Waals surface area contributed by atoms with Gasteiger partial charge in [-0.2, -0.15) is 39.5 Å². The van der Waals surface area contributed by atoms with Crippen molar-refractivity contribution in [2.75, 3.05) is 25.2 Å². The van der Waals surface area contributed by atoms with Gasteiger partial charge in [0.2, 0.25) is 0 Å². The number of amides is 1. The Hall–Kier alpha value is -3.23. The van der Waals surface area contributed by atoms with Gasteiger partial charge < -0.3 is 14.4 Å². The lowest BCUT2D eigenvalue weighted by atomic mass is 9.97. The molecule has 0 radical (unpaired) electrons. The predicted octanol–water partition coefficient (Wildman–Crippen LogP) is 6.84. The molecule has 1 amide bonds. The number of hydrogen-bond donors (Lipinski definition) is 0. The molecule has 2 saturated heterocycles. The van der Waals surface area contributed by atoms with Crippen LogP contribution >= 0.6 is 0 Å². The molecule has 0 saturated carbocycles. The highest BCUT2D eigenvalue weighted by atomic mass is 19.4. The van der Waals surface area contributed by atoms with E-state index >= 15 is 0 Å². The maximum Gasteiger partial charge on any atom is 0.417 e. The van der Waals surface area contributed by atoms with Crippen molar-refractivity contribution in [2.24, 2.45) is 0 Å². The SMILES string of the molecule is C[C@H]1[C@@H](c2cc(C(F)(F)F)cc(C(F)(F)F)c2)OC(=O)N1Cc1cc(C(F)(F)F)cnc1N(C)C1CCOCC1. The molecule has 0 bridgehead atoms. The van der Waals surface area contributed by atoms with Gasteiger partial charge in [0, 0.05) is 38.1 Å². The first-order valence-electron chi connectivity index (χ1n) is 12.1. The van der Waals surface area contributed by atoms with Crippen molar-refractivity contribution in [1.82, 2.24) is 9.88 Å². The molecule has 2 aromatic rings. The Bertz CT molecular complexity index is 1210. The number of ether oxygens (including phenoxy) is 2. The van der Waals surface area contributed by atoms with Crippen LogP contribution in [0.4, 0.5) is 50.1 Å². The number of pyridine rings is 1. The van der Waals surface area contributed by atoms with E-state index in [2.05, 4.69) is 4.98 Å². The lowest BCUT2D eigenvalue weighted by Crippen LogP contribution is -2.39. The van der Waals surface area contributed by atoms with Gasteiger partial charge in [-0.05, 0) is 49.6 Å². The number of halogens is 9. The standard InChI is InChI=1S/C25H24F9N3O3/c1-13-20(14-7-16(23(26,27)28)10-17(8-14)24(29,30)31)40-22(38)37(13)12-15-9-18(25(32,33)34)11-35-21(15)36(2)19-3-5-39-6-4-19/h7-11,13,19-20H,3-6,12H2,1-2H3/t13-,20-/m0/s1. The van der Waals surface area contributed by atoms with E-state index in [-0.39, 0.29) is 23.5 Å². The monoisotopic (exact) mass is 585 g/mol. The number of nitrogens with zero attached hydrogens (tertiary/aromatic N) is 3. The van der Waals surface area contributed by atoms with Crippen molar-refractivity contribution in [3.63, 3.8) is 0 Å². The number of carbonyl (C=O) groups is 1. The number of carbonyl (C=O) groups excluding carboxylic acids is 1. The molecule has 2 aliphatic rings. The predicted molar refractivity (Wildman–Crippen MR) is 122 cm³/mol. The van der Waals surface area contributed by atoms with Crippen molar-refractivity contribution >= 4 is 11.9 Å². The molecule has 2 aliphatic heterocycles. The first-order chi connectivity index (χ1) is 18.5. The van der Waals surface area contributed by atoms with Gasteiger partial charge in [-0.3, -0.25) is 4.90 Å². The quantitative estimate of drug-likeness (QED) is 0.360. The zero-order chi connectivity index (χ0) is 29.6. The summed E-state index contributed by atoms with van der Waals surface area (Å²) in [5.74, 6) is 0.141. The van der Waals surface area contributed by atoms with E-state index in [0.717, 1.165) is 11.0 Å². The third-order valence-corrected chi connectivity index (χ3v) is 7.01. The van der Waals surface area contributed by atoms with E-state index in [0.29, 0.717) is 44.4 Å². The summed E-state index contributed by atoms with van der Waals surface area (Å²) >= 11 is 0. The van der Waals surface area contributed by atoms with Crippen LogP contribution in [0.2, 0.25) is 0 Å². The average Bonchev–Trinajstić information content (AvgIpc) is 3.15. The van der Waals surface area contributed by atoms with Crippen LogP contribution < -0.4 is 4.90 Å². The third kappa shape index (κ3) is 6.23. The van der Waals surface area contributed by atoms with Crippen LogP contribution in [0.1, 0.15) is 53.7 Å². The minimum Gasteiger partial charge on any atom is -0.439 e. The summed E-state index contributed by atoms with van der Waals surface area (Å²) in [5.41, 5.74) is -4.82. The van der Waals surface area contributed by atoms with E-state index in [4.69, 9.17) is 9.47 Å². The topological polar surface area (TPSA) is 54.9 Å². The molecule has 1 aromatic carbocycles. The van der Waals surface area contributed by atoms with Crippen molar-refractivity contribution in [2.45, 2.75) is 63.0 Å². The molecular weight excluding hydrogens is 561 g/mol. The Kier molecular flexibility index (Phi) is 7.91. The highest BCUT2D eigenvalue weighted by Gasteiger charge is 2.44. The maximum atomic E-state index is 13.5. The molecule has 6 nitrogen and oxygen atoms in total. The van der Waals surface area contributed by atoms with Gasteiger partial charge >= 0.3 is 24.6 Å². The number of anilines is 1. The second-order valence-electron chi connectivity index (χ2n) is 9.67. The second kappa shape index (κ2) is 10.6. The molecule has 2 atom stereocenters. The van der Waals surface area contributed by atoms with Gasteiger partial charge in [0.25, 0.3) is 0 Å². The summed E-state index contributed by atoms with van der Waals surface area (Å²) in [6, 6.07) is 0.436. The molecule has 4 rings (SSSR count). The Labute approximate surface area is 222 Å². The number of alkyl halides is 9. The summed E-state index contributed by atoms with van der Waals surface area (Å²) < 4.78 is 131. The van der Waals surface area contributed by atoms with Gasteiger partial charge in [-0.25, -0.2) is 9.78 Å². The zero-order valence-electron chi connectivity index (χ0n) is 21.1. The minimum absolute atomic E-state index is 0.0201. The summed E-state index contributed by atoms with van der Waals surface area (Å²) in [7, 11) is 1.63. The largest absolute Gasteiger partial charge is 0.439 e. The number of aromatic nitrogens is 1. The highest BCUT2D eigenvalue weighted by Crippen LogP contribution is 2.42. The van der Waals surface area contributed by atoms with Crippen molar-refractivity contribution in [3.05, 3.63) is 58.3 Å². The molecule has 220 valence electrons. The molecule has 0 unspecified atom stereocenters. The number of cyclic esters (lactones) is 1. The number of benzene rings is 1. The fourth-order valence-electron chi connectivity index (χ4n) is 4.82. The molecule has 15 heteroatoms. The molecule has 0 spiro atoms. The van der Waals surface area contributed by atoms with Crippen molar-refractivity contribution in [3.8, 4) is 0 Å². The number of rotatable bonds is 5. The van der Waals surface area contributed by atoms with Crippen molar-refractivity contribution < 1.29 is 53.8 Å². The normalized spacial score (nSPS) is 21.1. The molecule has 0 aliphatic carbocycles. The van der Waals surface area contributed by atoms with Crippen LogP contribution in [-0.2, 0) is 34.5 Å². The van der Waals surface area contributed by atoms with Crippen LogP contribution in [0.25, 0.3) is 0 Å².